The first-order valence-electron chi connectivity index (χ1n) is 10.7. The molecule has 35 heavy (non-hydrogen) atoms. The Bertz CT molecular complexity index is 1160. The van der Waals surface area contributed by atoms with Gasteiger partial charge < -0.3 is 33.5 Å². The maximum absolute atomic E-state index is 12.5. The van der Waals surface area contributed by atoms with Crippen molar-refractivity contribution in [3.05, 3.63) is 42.1 Å². The van der Waals surface area contributed by atoms with Crippen LogP contribution in [-0.2, 0) is 20.7 Å². The van der Waals surface area contributed by atoms with Crippen LogP contribution in [0.3, 0.4) is 0 Å². The van der Waals surface area contributed by atoms with Crippen molar-refractivity contribution < 1.29 is 37.8 Å². The Kier molecular flexibility index (Phi) is 8.69. The van der Waals surface area contributed by atoms with Crippen LogP contribution in [0, 0.1) is 0 Å². The van der Waals surface area contributed by atoms with E-state index in [1.54, 1.807) is 31.5 Å². The first kappa shape index (κ1) is 25.6. The van der Waals surface area contributed by atoms with Gasteiger partial charge in [-0.3, -0.25) is 9.59 Å². The van der Waals surface area contributed by atoms with Crippen molar-refractivity contribution in [2.24, 2.45) is 0 Å². The molecule has 3 aromatic rings. The highest BCUT2D eigenvalue weighted by molar-refractivity contribution is 5.86. The molecule has 0 radical (unpaired) electrons. The lowest BCUT2D eigenvalue weighted by Crippen LogP contribution is -2.30. The molecule has 0 spiro atoms. The summed E-state index contributed by atoms with van der Waals surface area (Å²) in [6.45, 7) is -0.0231. The number of nitrogens with zero attached hydrogens (tertiary/aromatic N) is 1. The molecule has 0 atom stereocenters. The molecule has 1 aromatic heterocycles. The van der Waals surface area contributed by atoms with Crippen LogP contribution in [0.5, 0.6) is 23.0 Å². The number of nitrogens with one attached hydrogen (secondary N) is 1. The Hall–Kier alpha value is -4.05. The third-order valence-electron chi connectivity index (χ3n) is 5.30. The molecule has 2 aromatic carbocycles. The zero-order valence-electron chi connectivity index (χ0n) is 20.3. The standard InChI is InChI=1S/C25H28N2O8/c1-30-20-7-6-15(8-16(20)9-18(28)12-26-14-23(29)33-4)19-13-27-35-24(19)17-10-21(31-2)25(34-5)22(11-17)32-3/h6-8,10-11,13,26H,9,12,14H2,1-5H3. The van der Waals surface area contributed by atoms with Crippen molar-refractivity contribution in [2.75, 3.05) is 48.6 Å². The Morgan fingerprint density at radius 3 is 2.14 bits per heavy atom. The van der Waals surface area contributed by atoms with Gasteiger partial charge in [0.15, 0.2) is 23.0 Å². The second-order valence-corrected chi connectivity index (χ2v) is 7.40. The van der Waals surface area contributed by atoms with Crippen LogP contribution in [0.1, 0.15) is 5.56 Å². The highest BCUT2D eigenvalue weighted by Gasteiger charge is 2.20. The largest absolute Gasteiger partial charge is 0.496 e. The zero-order chi connectivity index (χ0) is 25.4. The van der Waals surface area contributed by atoms with Crippen molar-refractivity contribution in [1.82, 2.24) is 10.5 Å². The van der Waals surface area contributed by atoms with Gasteiger partial charge in [-0.15, -0.1) is 0 Å². The minimum atomic E-state index is -0.441. The molecule has 10 nitrogen and oxygen atoms in total. The molecule has 1 N–H and O–H groups in total. The van der Waals surface area contributed by atoms with Crippen LogP contribution in [0.4, 0.5) is 0 Å². The average molecular weight is 485 g/mol. The van der Waals surface area contributed by atoms with E-state index >= 15 is 0 Å². The van der Waals surface area contributed by atoms with Crippen LogP contribution >= 0.6 is 0 Å². The first-order valence-corrected chi connectivity index (χ1v) is 10.7. The number of hydrogen-bond donors (Lipinski definition) is 1. The van der Waals surface area contributed by atoms with Crippen molar-refractivity contribution in [3.63, 3.8) is 0 Å². The fourth-order valence-electron chi connectivity index (χ4n) is 3.60. The Labute approximate surface area is 203 Å². The highest BCUT2D eigenvalue weighted by atomic mass is 16.5. The zero-order valence-corrected chi connectivity index (χ0v) is 20.3. The minimum absolute atomic E-state index is 0.0203. The van der Waals surface area contributed by atoms with Gasteiger partial charge in [-0.1, -0.05) is 11.2 Å². The maximum atomic E-state index is 12.5. The number of Topliss-reactive ketones (excluding diaryl/α,β-unsaturated/α-hetero) is 1. The van der Waals surface area contributed by atoms with E-state index in [9.17, 15) is 9.59 Å². The molecule has 0 bridgehead atoms. The van der Waals surface area contributed by atoms with Crippen molar-refractivity contribution >= 4 is 11.8 Å². The molecule has 0 aliphatic heterocycles. The summed E-state index contributed by atoms with van der Waals surface area (Å²) >= 11 is 0. The molecule has 3 rings (SSSR count). The third kappa shape index (κ3) is 5.90. The van der Waals surface area contributed by atoms with Gasteiger partial charge in [0.1, 0.15) is 5.75 Å². The van der Waals surface area contributed by atoms with Gasteiger partial charge >= 0.3 is 5.97 Å². The van der Waals surface area contributed by atoms with E-state index in [0.29, 0.717) is 45.4 Å². The molecule has 0 fully saturated rings. The number of benzene rings is 2. The number of ketones is 1. The molecular formula is C25H28N2O8. The SMILES string of the molecule is COC(=O)CNCC(=O)Cc1cc(-c2cnoc2-c2cc(OC)c(OC)c(OC)c2)ccc1OC. The molecule has 10 heteroatoms. The maximum Gasteiger partial charge on any atom is 0.319 e. The molecule has 0 aliphatic rings. The predicted molar refractivity (Wildman–Crippen MR) is 127 cm³/mol. The monoisotopic (exact) mass is 484 g/mol. The van der Waals surface area contributed by atoms with Crippen LogP contribution < -0.4 is 24.3 Å². The lowest BCUT2D eigenvalue weighted by molar-refractivity contribution is -0.139. The van der Waals surface area contributed by atoms with Crippen LogP contribution in [0.25, 0.3) is 22.5 Å². The lowest BCUT2D eigenvalue weighted by atomic mass is 9.98. The summed E-state index contributed by atoms with van der Waals surface area (Å²) in [4.78, 5) is 23.7. The summed E-state index contributed by atoms with van der Waals surface area (Å²) in [5, 5.41) is 6.76. The van der Waals surface area contributed by atoms with Crippen molar-refractivity contribution in [1.29, 1.82) is 0 Å². The van der Waals surface area contributed by atoms with Crippen molar-refractivity contribution in [2.45, 2.75) is 6.42 Å². The number of hydrogen-bond acceptors (Lipinski definition) is 10. The summed E-state index contributed by atoms with van der Waals surface area (Å²) in [7, 11) is 7.44. The number of rotatable bonds is 12. The van der Waals surface area contributed by atoms with Crippen molar-refractivity contribution in [3.8, 4) is 45.4 Å². The number of carbonyl (C=O) groups excluding carboxylic acids is 2. The number of esters is 1. The Balaban J connectivity index is 1.92. The summed E-state index contributed by atoms with van der Waals surface area (Å²) in [6.07, 6.45) is 1.71. The second-order valence-electron chi connectivity index (χ2n) is 7.40. The van der Waals surface area contributed by atoms with Gasteiger partial charge in [0, 0.05) is 23.1 Å². The average Bonchev–Trinajstić information content (AvgIpc) is 3.37. The predicted octanol–water partition coefficient (Wildman–Crippen LogP) is 2.92. The van der Waals surface area contributed by atoms with Gasteiger partial charge in [-0.05, 0) is 29.8 Å². The first-order chi connectivity index (χ1) is 16.9. The van der Waals surface area contributed by atoms with Crippen LogP contribution in [-0.4, -0.2) is 65.5 Å². The molecule has 0 saturated heterocycles. The third-order valence-corrected chi connectivity index (χ3v) is 5.30. The molecule has 1 heterocycles. The van der Waals surface area contributed by atoms with Gasteiger partial charge in [0.05, 0.1) is 54.8 Å². The molecular weight excluding hydrogens is 456 g/mol. The number of ether oxygens (including phenoxy) is 5. The van der Waals surface area contributed by atoms with E-state index in [1.807, 2.05) is 12.1 Å². The number of aromatic nitrogens is 1. The lowest BCUT2D eigenvalue weighted by Gasteiger charge is -2.14. The van der Waals surface area contributed by atoms with Gasteiger partial charge in [0.25, 0.3) is 0 Å². The van der Waals surface area contributed by atoms with E-state index < -0.39 is 5.97 Å². The molecule has 0 aliphatic carbocycles. The second kappa shape index (κ2) is 11.9. The Morgan fingerprint density at radius 2 is 1.54 bits per heavy atom. The molecule has 0 amide bonds. The number of carbonyl (C=O) groups is 2. The van der Waals surface area contributed by atoms with E-state index in [4.69, 9.17) is 23.5 Å². The summed E-state index contributed by atoms with van der Waals surface area (Å²) in [6, 6.07) is 9.03. The summed E-state index contributed by atoms with van der Waals surface area (Å²) in [5.41, 5.74) is 2.85. The van der Waals surface area contributed by atoms with E-state index in [1.165, 1.54) is 28.4 Å². The fraction of sp³-hybridized carbons (Fsp3) is 0.320. The van der Waals surface area contributed by atoms with Gasteiger partial charge in [-0.25, -0.2) is 0 Å². The number of methoxy groups -OCH3 is 5. The normalized spacial score (nSPS) is 10.5. The van der Waals surface area contributed by atoms with E-state index in [2.05, 4.69) is 15.2 Å². The summed E-state index contributed by atoms with van der Waals surface area (Å²) < 4.78 is 31.9. The molecule has 0 saturated carbocycles. The summed E-state index contributed by atoms with van der Waals surface area (Å²) in [5.74, 6) is 1.93. The van der Waals surface area contributed by atoms with Crippen LogP contribution in [0.2, 0.25) is 0 Å². The van der Waals surface area contributed by atoms with Gasteiger partial charge in [-0.2, -0.15) is 0 Å². The molecule has 186 valence electrons. The fourth-order valence-corrected chi connectivity index (χ4v) is 3.60. The smallest absolute Gasteiger partial charge is 0.319 e. The van der Waals surface area contributed by atoms with Crippen LogP contribution in [0.15, 0.2) is 41.1 Å². The minimum Gasteiger partial charge on any atom is -0.496 e. The highest BCUT2D eigenvalue weighted by Crippen LogP contribution is 2.43. The van der Waals surface area contributed by atoms with Gasteiger partial charge in [0.2, 0.25) is 5.75 Å². The Morgan fingerprint density at radius 1 is 0.857 bits per heavy atom. The topological polar surface area (TPSA) is 118 Å². The van der Waals surface area contributed by atoms with E-state index in [0.717, 1.165) is 5.56 Å². The molecule has 0 unspecified atom stereocenters. The quantitative estimate of drug-likeness (QED) is 0.384. The van der Waals surface area contributed by atoms with E-state index in [-0.39, 0.29) is 25.3 Å².